The molecule has 2 heterocycles. The largest absolute Gasteiger partial charge is 0.500 e. The average Bonchev–Trinajstić information content (AvgIpc) is 3.12. The number of methoxy groups -OCH3 is 1. The molecule has 2 aromatic rings. The molecule has 2 unspecified atom stereocenters. The Kier molecular flexibility index (Phi) is 4.87. The summed E-state index contributed by atoms with van der Waals surface area (Å²) < 4.78 is 5.14. The lowest BCUT2D eigenvalue weighted by atomic mass is 9.86. The van der Waals surface area contributed by atoms with Crippen LogP contribution in [0.3, 0.4) is 0 Å². The highest BCUT2D eigenvalue weighted by Gasteiger charge is 2.38. The molecule has 1 saturated heterocycles. The summed E-state index contributed by atoms with van der Waals surface area (Å²) in [6.45, 7) is 2.59. The number of benzene rings is 2. The maximum absolute atomic E-state index is 11.3. The van der Waals surface area contributed by atoms with E-state index in [0.29, 0.717) is 5.56 Å². The number of hydrogen-bond donors (Lipinski definition) is 2. The van der Waals surface area contributed by atoms with Gasteiger partial charge in [-0.1, -0.05) is 30.3 Å². The molecular formula is C20H22N4O4. The zero-order chi connectivity index (χ0) is 19.7. The second kappa shape index (κ2) is 7.47. The number of nitrogens with one attached hydrogen (secondary N) is 1. The van der Waals surface area contributed by atoms with Crippen molar-refractivity contribution in [2.45, 2.75) is 19.0 Å². The molecule has 1 fully saturated rings. The highest BCUT2D eigenvalue weighted by molar-refractivity contribution is 5.90. The summed E-state index contributed by atoms with van der Waals surface area (Å²) in [7, 11) is 1.38. The molecule has 2 atom stereocenters. The summed E-state index contributed by atoms with van der Waals surface area (Å²) in [4.78, 5) is 13.1. The van der Waals surface area contributed by atoms with Crippen molar-refractivity contribution in [1.29, 1.82) is 0 Å². The minimum Gasteiger partial charge on any atom is -0.500 e. The van der Waals surface area contributed by atoms with Crippen LogP contribution in [0, 0.1) is 16.0 Å². The van der Waals surface area contributed by atoms with E-state index < -0.39 is 10.7 Å². The van der Waals surface area contributed by atoms with Gasteiger partial charge < -0.3 is 15.3 Å². The first-order valence-corrected chi connectivity index (χ1v) is 9.20. The summed E-state index contributed by atoms with van der Waals surface area (Å²) in [5, 5.41) is 25.8. The minimum absolute atomic E-state index is 0.0939. The third-order valence-corrected chi connectivity index (χ3v) is 5.42. The summed E-state index contributed by atoms with van der Waals surface area (Å²) in [6, 6.07) is 13.2. The predicted molar refractivity (Wildman–Crippen MR) is 104 cm³/mol. The fourth-order valence-electron chi connectivity index (χ4n) is 3.99. The SMILES string of the molecule is COc1cc(C2NN=C3CCN(Cc4ccccc4)CC32)cc([N+](=O)[O-])c1O. The number of rotatable bonds is 5. The van der Waals surface area contributed by atoms with Gasteiger partial charge >= 0.3 is 5.69 Å². The zero-order valence-corrected chi connectivity index (χ0v) is 15.5. The van der Waals surface area contributed by atoms with Gasteiger partial charge in [0.15, 0.2) is 5.75 Å². The Hall–Kier alpha value is -3.13. The number of phenols is 1. The van der Waals surface area contributed by atoms with E-state index >= 15 is 0 Å². The van der Waals surface area contributed by atoms with Crippen molar-refractivity contribution >= 4 is 11.4 Å². The van der Waals surface area contributed by atoms with Crippen molar-refractivity contribution in [2.24, 2.45) is 11.0 Å². The van der Waals surface area contributed by atoms with E-state index in [1.165, 1.54) is 18.7 Å². The Bertz CT molecular complexity index is 916. The van der Waals surface area contributed by atoms with Gasteiger partial charge in [-0.25, -0.2) is 0 Å². The molecule has 8 heteroatoms. The minimum atomic E-state index is -0.597. The van der Waals surface area contributed by atoms with Crippen molar-refractivity contribution in [2.75, 3.05) is 20.2 Å². The van der Waals surface area contributed by atoms with Gasteiger partial charge in [0.1, 0.15) is 0 Å². The molecule has 0 amide bonds. The number of piperidine rings is 1. The number of fused-ring (bicyclic) bond motifs is 1. The van der Waals surface area contributed by atoms with Crippen LogP contribution in [0.2, 0.25) is 0 Å². The van der Waals surface area contributed by atoms with Crippen LogP contribution in [0.25, 0.3) is 0 Å². The van der Waals surface area contributed by atoms with Gasteiger partial charge in [-0.3, -0.25) is 15.0 Å². The van der Waals surface area contributed by atoms with Gasteiger partial charge in [-0.2, -0.15) is 5.10 Å². The molecule has 0 radical (unpaired) electrons. The Labute approximate surface area is 162 Å². The van der Waals surface area contributed by atoms with Crippen LogP contribution in [0.1, 0.15) is 23.6 Å². The molecule has 4 rings (SSSR count). The van der Waals surface area contributed by atoms with E-state index in [9.17, 15) is 15.2 Å². The van der Waals surface area contributed by atoms with Crippen LogP contribution < -0.4 is 10.2 Å². The van der Waals surface area contributed by atoms with Crippen molar-refractivity contribution in [3.63, 3.8) is 0 Å². The third kappa shape index (κ3) is 3.38. The molecule has 8 nitrogen and oxygen atoms in total. The van der Waals surface area contributed by atoms with E-state index in [1.807, 2.05) is 18.2 Å². The Morgan fingerprint density at radius 3 is 2.86 bits per heavy atom. The van der Waals surface area contributed by atoms with E-state index in [4.69, 9.17) is 4.74 Å². The van der Waals surface area contributed by atoms with E-state index in [0.717, 1.165) is 31.8 Å². The quantitative estimate of drug-likeness (QED) is 0.609. The topological polar surface area (TPSA) is 100 Å². The van der Waals surface area contributed by atoms with E-state index in [-0.39, 0.29) is 23.4 Å². The number of nitrogens with zero attached hydrogens (tertiary/aromatic N) is 3. The molecule has 0 saturated carbocycles. The van der Waals surface area contributed by atoms with E-state index in [1.54, 1.807) is 6.07 Å². The lowest BCUT2D eigenvalue weighted by molar-refractivity contribution is -0.386. The molecule has 0 aromatic heterocycles. The van der Waals surface area contributed by atoms with Gasteiger partial charge in [0.05, 0.1) is 18.1 Å². The molecule has 0 aliphatic carbocycles. The number of ether oxygens (including phenoxy) is 1. The summed E-state index contributed by atoms with van der Waals surface area (Å²) in [5.74, 6) is -0.243. The summed E-state index contributed by atoms with van der Waals surface area (Å²) >= 11 is 0. The number of nitro groups is 1. The fourth-order valence-corrected chi connectivity index (χ4v) is 3.99. The molecule has 2 aliphatic heterocycles. The van der Waals surface area contributed by atoms with Crippen LogP contribution in [0.4, 0.5) is 5.69 Å². The molecular weight excluding hydrogens is 360 g/mol. The third-order valence-electron chi connectivity index (χ3n) is 5.42. The number of nitro benzene ring substituents is 1. The first-order valence-electron chi connectivity index (χ1n) is 9.20. The number of hydrazone groups is 1. The van der Waals surface area contributed by atoms with Crippen LogP contribution in [0.15, 0.2) is 47.6 Å². The number of phenolic OH excluding ortho intramolecular Hbond substituents is 1. The van der Waals surface area contributed by atoms with Crippen molar-refractivity contribution in [3.8, 4) is 11.5 Å². The second-order valence-electron chi connectivity index (χ2n) is 7.14. The Morgan fingerprint density at radius 1 is 1.36 bits per heavy atom. The van der Waals surface area contributed by atoms with Crippen LogP contribution in [-0.4, -0.2) is 40.8 Å². The molecule has 0 spiro atoms. The van der Waals surface area contributed by atoms with E-state index in [2.05, 4.69) is 27.6 Å². The van der Waals surface area contributed by atoms with Gasteiger partial charge in [-0.15, -0.1) is 0 Å². The second-order valence-corrected chi connectivity index (χ2v) is 7.14. The Morgan fingerprint density at radius 2 is 2.14 bits per heavy atom. The smallest absolute Gasteiger partial charge is 0.315 e. The summed E-state index contributed by atoms with van der Waals surface area (Å²) in [5.41, 5.74) is 5.81. The average molecular weight is 382 g/mol. The molecule has 0 bridgehead atoms. The maximum Gasteiger partial charge on any atom is 0.315 e. The van der Waals surface area contributed by atoms with Gasteiger partial charge in [-0.05, 0) is 17.2 Å². The maximum atomic E-state index is 11.3. The highest BCUT2D eigenvalue weighted by Crippen LogP contribution is 2.41. The fraction of sp³-hybridized carbons (Fsp3) is 0.350. The molecule has 2 N–H and O–H groups in total. The molecule has 2 aliphatic rings. The van der Waals surface area contributed by atoms with Gasteiger partial charge in [0, 0.05) is 43.8 Å². The van der Waals surface area contributed by atoms with Crippen molar-refractivity contribution < 1.29 is 14.8 Å². The van der Waals surface area contributed by atoms with Crippen molar-refractivity contribution in [1.82, 2.24) is 10.3 Å². The number of likely N-dealkylation sites (tertiary alicyclic amines) is 1. The molecule has 28 heavy (non-hydrogen) atoms. The summed E-state index contributed by atoms with van der Waals surface area (Å²) in [6.07, 6.45) is 0.859. The van der Waals surface area contributed by atoms with Gasteiger partial charge in [0.2, 0.25) is 5.75 Å². The standard InChI is InChI=1S/C20H22N4O4/c1-28-18-10-14(9-17(20(18)25)24(26)27)19-15-12-23(8-7-16(15)21-22-19)11-13-5-3-2-4-6-13/h2-6,9-10,15,19,22,25H,7-8,11-12H2,1H3. The lowest BCUT2D eigenvalue weighted by Gasteiger charge is -2.33. The lowest BCUT2D eigenvalue weighted by Crippen LogP contribution is -2.41. The van der Waals surface area contributed by atoms with Crippen LogP contribution in [0.5, 0.6) is 11.5 Å². The Balaban J connectivity index is 1.58. The first-order chi connectivity index (χ1) is 13.6. The normalized spacial score (nSPS) is 21.5. The molecule has 2 aromatic carbocycles. The van der Waals surface area contributed by atoms with Gasteiger partial charge in [0.25, 0.3) is 0 Å². The molecule has 146 valence electrons. The number of hydrogen-bond acceptors (Lipinski definition) is 7. The monoisotopic (exact) mass is 382 g/mol. The number of aromatic hydroxyl groups is 1. The predicted octanol–water partition coefficient (Wildman–Crippen LogP) is 2.83. The first kappa shape index (κ1) is 18.2. The van der Waals surface area contributed by atoms with Crippen LogP contribution >= 0.6 is 0 Å². The van der Waals surface area contributed by atoms with Crippen molar-refractivity contribution in [3.05, 3.63) is 63.7 Å². The zero-order valence-electron chi connectivity index (χ0n) is 15.5. The van der Waals surface area contributed by atoms with Crippen LogP contribution in [-0.2, 0) is 6.54 Å². The highest BCUT2D eigenvalue weighted by atomic mass is 16.6.